The van der Waals surface area contributed by atoms with E-state index in [4.69, 9.17) is 4.74 Å². The van der Waals surface area contributed by atoms with Gasteiger partial charge < -0.3 is 4.74 Å². The van der Waals surface area contributed by atoms with E-state index in [-0.39, 0.29) is 36.1 Å². The molecule has 11 atom stereocenters. The molecule has 10 rings (SSSR count). The summed E-state index contributed by atoms with van der Waals surface area (Å²) in [7, 11) is 0. The zero-order valence-corrected chi connectivity index (χ0v) is 28.1. The lowest BCUT2D eigenvalue weighted by Gasteiger charge is -2.44. The molecule has 2 saturated heterocycles. The van der Waals surface area contributed by atoms with Crippen molar-refractivity contribution in [2.24, 2.45) is 35.0 Å². The highest BCUT2D eigenvalue weighted by atomic mass is 16.5. The summed E-state index contributed by atoms with van der Waals surface area (Å²) in [4.78, 5) is 0. The fraction of sp³-hybridized carbons (Fsp3) is 0.409. The maximum Gasteiger partial charge on any atom is 0.0858 e. The summed E-state index contributed by atoms with van der Waals surface area (Å²) in [6.07, 6.45) is 44.9. The minimum absolute atomic E-state index is 0.0923. The Morgan fingerprint density at radius 3 is 2.62 bits per heavy atom. The van der Waals surface area contributed by atoms with Gasteiger partial charge in [-0.05, 0) is 76.3 Å². The molecular weight excluding hydrogens is 587 g/mol. The van der Waals surface area contributed by atoms with E-state index in [1.54, 1.807) is 5.57 Å². The molecule has 48 heavy (non-hydrogen) atoms. The largest absolute Gasteiger partial charge is 0.366 e. The molecule has 0 aromatic heterocycles. The van der Waals surface area contributed by atoms with Crippen molar-refractivity contribution in [3.63, 3.8) is 0 Å². The number of allylic oxidation sites excluding steroid dienone is 11. The van der Waals surface area contributed by atoms with Crippen LogP contribution in [0.15, 0.2) is 120 Å². The van der Waals surface area contributed by atoms with Crippen molar-refractivity contribution in [3.05, 3.63) is 142 Å². The summed E-state index contributed by atoms with van der Waals surface area (Å²) >= 11 is 0. The Hall–Kier alpha value is -3.54. The maximum atomic E-state index is 6.54. The van der Waals surface area contributed by atoms with Crippen LogP contribution in [-0.2, 0) is 11.2 Å². The van der Waals surface area contributed by atoms with E-state index in [1.165, 1.54) is 33.4 Å². The zero-order chi connectivity index (χ0) is 32.0. The molecular formula is C44H47N3O. The predicted molar refractivity (Wildman–Crippen MR) is 195 cm³/mol. The van der Waals surface area contributed by atoms with Crippen molar-refractivity contribution in [2.75, 3.05) is 0 Å². The number of benzene rings is 1. The highest BCUT2D eigenvalue weighted by Gasteiger charge is 2.51. The molecule has 7 aliphatic carbocycles. The molecule has 0 spiro atoms. The third-order valence-electron chi connectivity index (χ3n) is 13.2. The van der Waals surface area contributed by atoms with Crippen LogP contribution in [0.2, 0.25) is 0 Å². The molecule has 1 aromatic carbocycles. The van der Waals surface area contributed by atoms with Crippen LogP contribution < -0.4 is 16.0 Å². The van der Waals surface area contributed by atoms with Crippen LogP contribution in [0.4, 0.5) is 0 Å². The molecule has 2 aliphatic heterocycles. The summed E-state index contributed by atoms with van der Waals surface area (Å²) in [6, 6.07) is 4.75. The van der Waals surface area contributed by atoms with Crippen LogP contribution in [0.25, 0.3) is 12.2 Å². The van der Waals surface area contributed by atoms with Crippen molar-refractivity contribution in [2.45, 2.75) is 76.2 Å². The number of fused-ring (bicyclic) bond motifs is 10. The first-order valence-electron chi connectivity index (χ1n) is 18.5. The van der Waals surface area contributed by atoms with Gasteiger partial charge in [-0.1, -0.05) is 135 Å². The molecule has 11 unspecified atom stereocenters. The number of hydrogen-bond donors (Lipinski definition) is 3. The van der Waals surface area contributed by atoms with Crippen LogP contribution in [0.1, 0.15) is 61.3 Å². The molecule has 4 nitrogen and oxygen atoms in total. The fourth-order valence-corrected chi connectivity index (χ4v) is 10.7. The summed E-state index contributed by atoms with van der Waals surface area (Å²) in [5, 5.41) is 12.2. The van der Waals surface area contributed by atoms with Crippen molar-refractivity contribution in [1.82, 2.24) is 16.0 Å². The molecule has 244 valence electrons. The van der Waals surface area contributed by atoms with Crippen LogP contribution >= 0.6 is 0 Å². The van der Waals surface area contributed by atoms with Crippen molar-refractivity contribution < 1.29 is 4.74 Å². The van der Waals surface area contributed by atoms with Gasteiger partial charge in [-0.3, -0.25) is 16.0 Å². The van der Waals surface area contributed by atoms with Crippen LogP contribution in [0, 0.1) is 35.0 Å². The summed E-state index contributed by atoms with van der Waals surface area (Å²) in [6.45, 7) is 4.97. The van der Waals surface area contributed by atoms with E-state index in [9.17, 15) is 0 Å². The van der Waals surface area contributed by atoms with E-state index < -0.39 is 0 Å². The lowest BCUT2D eigenvalue weighted by molar-refractivity contribution is 0.0906. The quantitative estimate of drug-likeness (QED) is 0.318. The molecule has 0 radical (unpaired) electrons. The van der Waals surface area contributed by atoms with Crippen LogP contribution in [-0.4, -0.2) is 30.7 Å². The third kappa shape index (κ3) is 4.56. The van der Waals surface area contributed by atoms with E-state index >= 15 is 0 Å². The average Bonchev–Trinajstić information content (AvgIpc) is 3.63. The monoisotopic (exact) mass is 633 g/mol. The molecule has 1 aromatic rings. The first kappa shape index (κ1) is 29.4. The first-order valence-corrected chi connectivity index (χ1v) is 18.5. The van der Waals surface area contributed by atoms with Gasteiger partial charge in [-0.25, -0.2) is 0 Å². The first-order chi connectivity index (χ1) is 23.5. The van der Waals surface area contributed by atoms with Gasteiger partial charge in [0.2, 0.25) is 0 Å². The van der Waals surface area contributed by atoms with E-state index in [1.807, 2.05) is 0 Å². The molecule has 2 heterocycles. The highest BCUT2D eigenvalue weighted by molar-refractivity contribution is 5.72. The van der Waals surface area contributed by atoms with Crippen LogP contribution in [0.3, 0.4) is 0 Å². The second kappa shape index (κ2) is 11.2. The Labute approximate surface area is 285 Å². The number of hydrogen-bond acceptors (Lipinski definition) is 4. The van der Waals surface area contributed by atoms with Gasteiger partial charge in [0.15, 0.2) is 0 Å². The van der Waals surface area contributed by atoms with Gasteiger partial charge in [-0.2, -0.15) is 0 Å². The second-order valence-corrected chi connectivity index (χ2v) is 16.0. The van der Waals surface area contributed by atoms with Gasteiger partial charge in [0, 0.05) is 23.7 Å². The Morgan fingerprint density at radius 2 is 1.71 bits per heavy atom. The van der Waals surface area contributed by atoms with Crippen molar-refractivity contribution in [3.8, 4) is 0 Å². The Balaban J connectivity index is 0.959. The topological polar surface area (TPSA) is 45.3 Å². The van der Waals surface area contributed by atoms with Gasteiger partial charge in [0.25, 0.3) is 0 Å². The van der Waals surface area contributed by atoms with Crippen molar-refractivity contribution >= 4 is 12.2 Å². The van der Waals surface area contributed by atoms with Gasteiger partial charge in [0.05, 0.1) is 30.7 Å². The lowest BCUT2D eigenvalue weighted by atomic mass is 9.71. The van der Waals surface area contributed by atoms with E-state index in [0.717, 1.165) is 25.7 Å². The fourth-order valence-electron chi connectivity index (χ4n) is 10.7. The normalized spacial score (nSPS) is 40.6. The highest BCUT2D eigenvalue weighted by Crippen LogP contribution is 2.58. The van der Waals surface area contributed by atoms with Crippen molar-refractivity contribution in [1.29, 1.82) is 0 Å². The lowest BCUT2D eigenvalue weighted by Crippen LogP contribution is -2.70. The smallest absolute Gasteiger partial charge is 0.0858 e. The van der Waals surface area contributed by atoms with Gasteiger partial charge in [0.1, 0.15) is 0 Å². The Bertz CT molecular complexity index is 1840. The third-order valence-corrected chi connectivity index (χ3v) is 13.2. The number of nitrogens with one attached hydrogen (secondary N) is 3. The standard InChI is InChI=1S/C44H47N3O/c1-44(2)35-14-8-6-12-32(35)34-25-30(19-22-36(34)44)43-46-41(27-10-4-3-5-11-27)45-42(47-43)29-18-21-31-28(24-29)17-16-26-20-23-38-40(39(26)31)33-13-7-9-15-37(33)48-38/h3-4,6-10,12-21,23,25,29,32-33,35-38,40-43,45-47H,5,11,22,24H2,1-2H3. The molecule has 0 amide bonds. The maximum absolute atomic E-state index is 6.54. The summed E-state index contributed by atoms with van der Waals surface area (Å²) in [5.74, 6) is 2.79. The van der Waals surface area contributed by atoms with E-state index in [0.29, 0.717) is 35.5 Å². The molecule has 3 fully saturated rings. The Kier molecular flexibility index (Phi) is 6.89. The summed E-state index contributed by atoms with van der Waals surface area (Å²) < 4.78 is 6.54. The molecule has 4 heteroatoms. The summed E-state index contributed by atoms with van der Waals surface area (Å²) in [5.41, 5.74) is 10.5. The molecule has 9 aliphatic rings. The SMILES string of the molecule is CC1(C)C2CC=C(C3NC(C4=CC=CCC4)NC(C4C=Cc5c(ccc6c5C5C(C=C6)OC6C=CC=CC65)C4)N3)C=C2C2C=CC=CC21. The number of ether oxygens (including phenoxy) is 1. The van der Waals surface area contributed by atoms with E-state index in [2.05, 4.69) is 145 Å². The second-order valence-electron chi connectivity index (χ2n) is 16.0. The minimum Gasteiger partial charge on any atom is -0.366 e. The zero-order valence-electron chi connectivity index (χ0n) is 28.1. The average molecular weight is 634 g/mol. The molecule has 1 saturated carbocycles. The molecule has 0 bridgehead atoms. The Morgan fingerprint density at radius 1 is 0.833 bits per heavy atom. The van der Waals surface area contributed by atoms with Crippen LogP contribution in [0.5, 0.6) is 0 Å². The molecule has 3 N–H and O–H groups in total. The number of rotatable bonds is 3. The predicted octanol–water partition coefficient (Wildman–Crippen LogP) is 7.80. The van der Waals surface area contributed by atoms with Gasteiger partial charge in [-0.15, -0.1) is 0 Å². The van der Waals surface area contributed by atoms with Gasteiger partial charge >= 0.3 is 0 Å². The minimum atomic E-state index is 0.0923.